The number of thiophene rings is 10. The average Bonchev–Trinajstić information content (AvgIpc) is 4.53. The highest BCUT2D eigenvalue weighted by atomic mass is 32.1. The fourth-order valence-corrected chi connectivity index (χ4v) is 23.6. The van der Waals surface area contributed by atoms with E-state index in [0.717, 1.165) is 0 Å². The van der Waals surface area contributed by atoms with Crippen molar-refractivity contribution in [1.29, 1.82) is 0 Å². The second kappa shape index (κ2) is 30.6. The van der Waals surface area contributed by atoms with Crippen LogP contribution in [-0.4, -0.2) is 0 Å². The van der Waals surface area contributed by atoms with Crippen LogP contribution < -0.4 is 0 Å². The van der Waals surface area contributed by atoms with Crippen LogP contribution in [0.3, 0.4) is 0 Å². The van der Waals surface area contributed by atoms with E-state index in [1.165, 1.54) is 277 Å². The van der Waals surface area contributed by atoms with Gasteiger partial charge in [0.25, 0.3) is 0 Å². The van der Waals surface area contributed by atoms with E-state index in [1.54, 1.807) is 22.3 Å². The first-order chi connectivity index (χ1) is 40.4. The molecule has 1 aliphatic heterocycles. The lowest BCUT2D eigenvalue weighted by Crippen LogP contribution is -1.85. The molecule has 0 N–H and O–H groups in total. The SMILES string of the molecule is CCCCCCc1cc2sc1-c1ccc(s1)CCCCc1ccc(s1)-c1sc(cc1CCCCCC)-c1ccc(s1)-c1cc(CCCCCC)c(s1)-c1ccc(s1)CCCCc1ccc(s1)-c1sc(cc1CCCCCC)-c1ccc-2s1. The minimum Gasteiger partial charge on any atom is -0.139 e. The quantitative estimate of drug-likeness (QED) is 0.0667. The second-order valence-electron chi connectivity index (χ2n) is 22.9. The zero-order chi connectivity index (χ0) is 56.0. The van der Waals surface area contributed by atoms with Gasteiger partial charge in [-0.3, -0.25) is 0 Å². The van der Waals surface area contributed by atoms with Crippen molar-refractivity contribution in [3.05, 3.63) is 139 Å². The van der Waals surface area contributed by atoms with Crippen LogP contribution >= 0.6 is 113 Å². The summed E-state index contributed by atoms with van der Waals surface area (Å²) >= 11 is 20.5. The van der Waals surface area contributed by atoms with Gasteiger partial charge in [-0.15, -0.1) is 113 Å². The molecule has 11 heterocycles. The molecule has 10 aromatic rings. The van der Waals surface area contributed by atoms with Crippen LogP contribution in [0.2, 0.25) is 0 Å². The Balaban J connectivity index is 0.887. The lowest BCUT2D eigenvalue weighted by molar-refractivity contribution is 0.668. The van der Waals surface area contributed by atoms with Crippen molar-refractivity contribution in [2.45, 2.75) is 207 Å². The molecule has 0 spiro atoms. The van der Waals surface area contributed by atoms with Gasteiger partial charge in [0.15, 0.2) is 0 Å². The fraction of sp³-hybridized carbons (Fsp3) is 0.444. The van der Waals surface area contributed by atoms with Gasteiger partial charge in [-0.2, -0.15) is 0 Å². The zero-order valence-corrected chi connectivity index (χ0v) is 57.3. The molecule has 10 aromatic heterocycles. The largest absolute Gasteiger partial charge is 0.139 e. The number of unbranched alkanes of at least 4 members (excludes halogenated alkanes) is 12. The van der Waals surface area contributed by atoms with Crippen LogP contribution in [0.15, 0.2) is 97.1 Å². The third-order valence-electron chi connectivity index (χ3n) is 16.4. The van der Waals surface area contributed by atoms with Gasteiger partial charge >= 0.3 is 0 Å². The van der Waals surface area contributed by atoms with Crippen LogP contribution in [0.5, 0.6) is 0 Å². The summed E-state index contributed by atoms with van der Waals surface area (Å²) < 4.78 is 0. The maximum absolute atomic E-state index is 2.58. The number of aryl methyl sites for hydroxylation is 8. The standard InChI is InChI=1S/C72H84S10/c1-5-9-13-17-25-49-45-65-57-41-42-58(77-57)66-46-50(26-18-14-10-6-2)70(80-66)62-38-35-55(75-62)31-23-24-32-56-36-40-64(76-56)72-52(28-20-16-12-8-4)48-68(82-72)60-44-43-59(78-60)67-47-51(27-19-15-11-7-3)71(81-67)63-39-34-54(74-63)30-22-21-29-53-33-37-61(73-53)69(49)79-65/h33-48H,5-32H2,1-4H3. The van der Waals surface area contributed by atoms with Gasteiger partial charge in [0.1, 0.15) is 0 Å². The number of hydrogen-bond acceptors (Lipinski definition) is 10. The van der Waals surface area contributed by atoms with Crippen LogP contribution in [0.25, 0.3) is 78.0 Å². The van der Waals surface area contributed by atoms with Crippen LogP contribution in [-0.2, 0) is 51.4 Å². The van der Waals surface area contributed by atoms with E-state index in [9.17, 15) is 0 Å². The third kappa shape index (κ3) is 15.6. The molecule has 11 rings (SSSR count). The Kier molecular flexibility index (Phi) is 22.6. The summed E-state index contributed by atoms with van der Waals surface area (Å²) in [5.74, 6) is 0. The van der Waals surface area contributed by atoms with Gasteiger partial charge in [0, 0.05) is 97.5 Å². The van der Waals surface area contributed by atoms with E-state index in [0.29, 0.717) is 0 Å². The predicted molar refractivity (Wildman–Crippen MR) is 380 cm³/mol. The van der Waals surface area contributed by atoms with Gasteiger partial charge in [-0.1, -0.05) is 105 Å². The lowest BCUT2D eigenvalue weighted by atomic mass is 10.1. The molecule has 0 nitrogen and oxygen atoms in total. The van der Waals surface area contributed by atoms with Gasteiger partial charge < -0.3 is 0 Å². The van der Waals surface area contributed by atoms with Gasteiger partial charge in [-0.05, 0) is 222 Å². The molecule has 10 heteroatoms. The van der Waals surface area contributed by atoms with E-state index in [2.05, 4.69) is 215 Å². The Hall–Kier alpha value is -3.00. The van der Waals surface area contributed by atoms with E-state index in [4.69, 9.17) is 0 Å². The van der Waals surface area contributed by atoms with Crippen molar-refractivity contribution >= 4 is 113 Å². The molecule has 0 aliphatic carbocycles. The Labute approximate surface area is 532 Å². The smallest absolute Gasteiger partial charge is 0.0481 e. The summed E-state index contributed by atoms with van der Waals surface area (Å²) in [7, 11) is 0. The van der Waals surface area contributed by atoms with Crippen molar-refractivity contribution in [3.8, 4) is 78.0 Å². The predicted octanol–water partition coefficient (Wildman–Crippen LogP) is 27.6. The van der Waals surface area contributed by atoms with Gasteiger partial charge in [0.05, 0.1) is 0 Å². The minimum absolute atomic E-state index is 1.17. The van der Waals surface area contributed by atoms with Gasteiger partial charge in [0.2, 0.25) is 0 Å². The Bertz CT molecular complexity index is 3070. The van der Waals surface area contributed by atoms with Crippen molar-refractivity contribution in [2.75, 3.05) is 0 Å². The van der Waals surface area contributed by atoms with Crippen LogP contribution in [0.4, 0.5) is 0 Å². The zero-order valence-electron chi connectivity index (χ0n) is 49.1. The average molecular weight is 1270 g/mol. The maximum Gasteiger partial charge on any atom is 0.0481 e. The summed E-state index contributed by atoms with van der Waals surface area (Å²) in [6.07, 6.45) is 35.1. The molecular formula is C72H84S10. The van der Waals surface area contributed by atoms with Crippen LogP contribution in [0.1, 0.15) is 198 Å². The fourth-order valence-electron chi connectivity index (χ4n) is 11.7. The first-order valence-electron chi connectivity index (χ1n) is 31.5. The molecule has 0 saturated heterocycles. The molecule has 0 aromatic carbocycles. The number of fused-ring (bicyclic) bond motifs is 28. The monoisotopic (exact) mass is 1270 g/mol. The third-order valence-corrected chi connectivity index (χ3v) is 29.3. The molecular weight excluding hydrogens is 1190 g/mol. The Morgan fingerprint density at radius 2 is 0.463 bits per heavy atom. The van der Waals surface area contributed by atoms with E-state index >= 15 is 0 Å². The van der Waals surface area contributed by atoms with Crippen molar-refractivity contribution in [1.82, 2.24) is 0 Å². The molecule has 0 atom stereocenters. The topological polar surface area (TPSA) is 0 Å². The van der Waals surface area contributed by atoms with E-state index in [1.807, 2.05) is 22.7 Å². The van der Waals surface area contributed by atoms with Crippen molar-refractivity contribution in [2.24, 2.45) is 0 Å². The van der Waals surface area contributed by atoms with Crippen LogP contribution in [0, 0.1) is 0 Å². The Morgan fingerprint density at radius 3 is 0.695 bits per heavy atom. The second-order valence-corrected chi connectivity index (χ2v) is 34.0. The maximum atomic E-state index is 2.58. The highest BCUT2D eigenvalue weighted by Crippen LogP contribution is 2.51. The van der Waals surface area contributed by atoms with E-state index in [-0.39, 0.29) is 0 Å². The number of hydrogen-bond donors (Lipinski definition) is 0. The molecule has 432 valence electrons. The molecule has 82 heavy (non-hydrogen) atoms. The summed E-state index contributed by atoms with van der Waals surface area (Å²) in [5, 5.41) is 0. The highest BCUT2D eigenvalue weighted by Gasteiger charge is 2.22. The molecule has 1 aliphatic rings. The molecule has 0 radical (unpaired) electrons. The normalized spacial score (nSPS) is 13.2. The number of rotatable bonds is 20. The minimum atomic E-state index is 1.17. The van der Waals surface area contributed by atoms with Crippen molar-refractivity contribution in [3.63, 3.8) is 0 Å². The van der Waals surface area contributed by atoms with E-state index < -0.39 is 0 Å². The lowest BCUT2D eigenvalue weighted by Gasteiger charge is -2.02. The molecule has 0 fully saturated rings. The molecule has 0 saturated carbocycles. The van der Waals surface area contributed by atoms with Gasteiger partial charge in [-0.25, -0.2) is 0 Å². The highest BCUT2D eigenvalue weighted by molar-refractivity contribution is 7.31. The van der Waals surface area contributed by atoms with Crippen molar-refractivity contribution < 1.29 is 0 Å². The first kappa shape index (κ1) is 60.7. The molecule has 0 unspecified atom stereocenters. The summed E-state index contributed by atoms with van der Waals surface area (Å²) in [6, 6.07) is 39.6. The molecule has 20 bridgehead atoms. The summed E-state index contributed by atoms with van der Waals surface area (Å²) in [6.45, 7) is 9.32. The summed E-state index contributed by atoms with van der Waals surface area (Å²) in [4.78, 5) is 29.6. The molecule has 0 amide bonds. The Morgan fingerprint density at radius 1 is 0.232 bits per heavy atom. The first-order valence-corrected chi connectivity index (χ1v) is 39.7. The summed E-state index contributed by atoms with van der Waals surface area (Å²) in [5.41, 5.74) is 6.24.